The average Bonchev–Trinajstić information content (AvgIpc) is 3.11. The van der Waals surface area contributed by atoms with Gasteiger partial charge in [-0.1, -0.05) is 32.4 Å². The van der Waals surface area contributed by atoms with Crippen molar-refractivity contribution in [3.8, 4) is 0 Å². The van der Waals surface area contributed by atoms with Crippen LogP contribution in [0.25, 0.3) is 0 Å². The van der Waals surface area contributed by atoms with Crippen molar-refractivity contribution in [1.29, 1.82) is 0 Å². The van der Waals surface area contributed by atoms with Gasteiger partial charge >= 0.3 is 0 Å². The molecular weight excluding hydrogens is 270 g/mol. The number of benzene rings is 1. The minimum atomic E-state index is 0.569. The maximum absolute atomic E-state index is 3.48. The molecule has 1 N–H and O–H groups in total. The molecule has 0 aromatic heterocycles. The monoisotopic (exact) mass is 301 g/mol. The molecule has 1 aromatic rings. The average molecular weight is 301 g/mol. The number of rotatable bonds is 5. The van der Waals surface area contributed by atoms with Gasteiger partial charge < -0.3 is 10.2 Å². The molecule has 122 valence electrons. The Bertz CT molecular complexity index is 444. The van der Waals surface area contributed by atoms with Crippen LogP contribution in [0, 0.1) is 5.92 Å². The summed E-state index contributed by atoms with van der Waals surface area (Å²) in [6, 6.07) is 10.0. The predicted octanol–water partition coefficient (Wildman–Crippen LogP) is 3.28. The van der Waals surface area contributed by atoms with Crippen LogP contribution in [0.15, 0.2) is 24.3 Å². The van der Waals surface area contributed by atoms with Gasteiger partial charge in [-0.3, -0.25) is 4.90 Å². The number of hydrogen-bond donors (Lipinski definition) is 1. The number of piperazine rings is 1. The van der Waals surface area contributed by atoms with Crippen molar-refractivity contribution in [2.45, 2.75) is 39.2 Å². The highest BCUT2D eigenvalue weighted by Crippen LogP contribution is 2.32. The van der Waals surface area contributed by atoms with Crippen molar-refractivity contribution >= 4 is 5.69 Å². The van der Waals surface area contributed by atoms with Gasteiger partial charge in [0.25, 0.3) is 0 Å². The van der Waals surface area contributed by atoms with Crippen LogP contribution in [0.5, 0.6) is 0 Å². The Kier molecular flexibility index (Phi) is 5.37. The van der Waals surface area contributed by atoms with E-state index in [1.54, 1.807) is 0 Å². The van der Waals surface area contributed by atoms with Crippen LogP contribution in [0.3, 0.4) is 0 Å². The Morgan fingerprint density at radius 3 is 2.23 bits per heavy atom. The SMILES string of the molecule is CCC(C)[C@@H](c1ccc(N2CCCC2)cc1)N1CCNCC1. The molecule has 22 heavy (non-hydrogen) atoms. The number of hydrogen-bond acceptors (Lipinski definition) is 3. The van der Waals surface area contributed by atoms with Crippen molar-refractivity contribution in [1.82, 2.24) is 10.2 Å². The summed E-state index contributed by atoms with van der Waals surface area (Å²) < 4.78 is 0. The lowest BCUT2D eigenvalue weighted by atomic mass is 9.90. The van der Waals surface area contributed by atoms with Crippen LogP contribution in [0.2, 0.25) is 0 Å². The summed E-state index contributed by atoms with van der Waals surface area (Å²) in [6.45, 7) is 11.8. The molecule has 2 heterocycles. The van der Waals surface area contributed by atoms with Gasteiger partial charge in [0.15, 0.2) is 0 Å². The van der Waals surface area contributed by atoms with Crippen LogP contribution in [0.4, 0.5) is 5.69 Å². The fourth-order valence-corrected chi connectivity index (χ4v) is 3.94. The van der Waals surface area contributed by atoms with Crippen LogP contribution >= 0.6 is 0 Å². The van der Waals surface area contributed by atoms with Gasteiger partial charge in [0.05, 0.1) is 0 Å². The predicted molar refractivity (Wildman–Crippen MR) is 94.5 cm³/mol. The molecule has 0 radical (unpaired) electrons. The third kappa shape index (κ3) is 3.47. The summed E-state index contributed by atoms with van der Waals surface area (Å²) >= 11 is 0. The first-order valence-corrected chi connectivity index (χ1v) is 9.09. The second-order valence-corrected chi connectivity index (χ2v) is 6.90. The van der Waals surface area contributed by atoms with Gasteiger partial charge in [-0.15, -0.1) is 0 Å². The van der Waals surface area contributed by atoms with E-state index in [9.17, 15) is 0 Å². The Hall–Kier alpha value is -1.06. The lowest BCUT2D eigenvalue weighted by Gasteiger charge is -2.38. The van der Waals surface area contributed by atoms with Crippen molar-refractivity contribution < 1.29 is 0 Å². The maximum atomic E-state index is 3.48. The largest absolute Gasteiger partial charge is 0.372 e. The van der Waals surface area contributed by atoms with E-state index in [4.69, 9.17) is 0 Å². The van der Waals surface area contributed by atoms with Crippen molar-refractivity contribution in [3.05, 3.63) is 29.8 Å². The van der Waals surface area contributed by atoms with Gasteiger partial charge in [-0.05, 0) is 36.5 Å². The van der Waals surface area contributed by atoms with Gasteiger partial charge in [0.1, 0.15) is 0 Å². The van der Waals surface area contributed by atoms with E-state index in [2.05, 4.69) is 53.2 Å². The summed E-state index contributed by atoms with van der Waals surface area (Å²) in [5, 5.41) is 3.48. The van der Waals surface area contributed by atoms with Gasteiger partial charge in [0.2, 0.25) is 0 Å². The highest BCUT2D eigenvalue weighted by molar-refractivity contribution is 5.48. The molecule has 2 fully saturated rings. The minimum absolute atomic E-state index is 0.569. The second kappa shape index (κ2) is 7.47. The molecule has 0 aliphatic carbocycles. The smallest absolute Gasteiger partial charge is 0.0374 e. The molecule has 0 amide bonds. The minimum Gasteiger partial charge on any atom is -0.372 e. The summed E-state index contributed by atoms with van der Waals surface area (Å²) in [6.07, 6.45) is 3.93. The highest BCUT2D eigenvalue weighted by atomic mass is 15.2. The standard InChI is InChI=1S/C19H31N3/c1-3-16(2)19(22-14-10-20-11-15-22)17-6-8-18(9-7-17)21-12-4-5-13-21/h6-9,16,19-20H,3-5,10-15H2,1-2H3/t16?,19-/m0/s1. The zero-order valence-corrected chi connectivity index (χ0v) is 14.2. The highest BCUT2D eigenvalue weighted by Gasteiger charge is 2.26. The Morgan fingerprint density at radius 1 is 1.00 bits per heavy atom. The Balaban J connectivity index is 1.77. The van der Waals surface area contributed by atoms with Crippen molar-refractivity contribution in [3.63, 3.8) is 0 Å². The van der Waals surface area contributed by atoms with E-state index in [1.807, 2.05) is 0 Å². The molecule has 2 aliphatic heterocycles. The Morgan fingerprint density at radius 2 is 1.64 bits per heavy atom. The van der Waals surface area contributed by atoms with Crippen molar-refractivity contribution in [2.24, 2.45) is 5.92 Å². The van der Waals surface area contributed by atoms with Crippen LogP contribution in [-0.4, -0.2) is 44.2 Å². The summed E-state index contributed by atoms with van der Waals surface area (Å²) in [5.74, 6) is 0.704. The molecule has 3 heteroatoms. The van der Waals surface area contributed by atoms with E-state index in [1.165, 1.54) is 56.7 Å². The van der Waals surface area contributed by atoms with Gasteiger partial charge in [0, 0.05) is 51.0 Å². The third-order valence-electron chi connectivity index (χ3n) is 5.43. The number of anilines is 1. The fourth-order valence-electron chi connectivity index (χ4n) is 3.94. The van der Waals surface area contributed by atoms with Crippen LogP contribution < -0.4 is 10.2 Å². The van der Waals surface area contributed by atoms with Crippen LogP contribution in [0.1, 0.15) is 44.7 Å². The quantitative estimate of drug-likeness (QED) is 0.900. The normalized spacial score (nSPS) is 22.7. The lowest BCUT2D eigenvalue weighted by Crippen LogP contribution is -2.46. The maximum Gasteiger partial charge on any atom is 0.0374 e. The summed E-state index contributed by atoms with van der Waals surface area (Å²) in [4.78, 5) is 5.20. The van der Waals surface area contributed by atoms with E-state index in [-0.39, 0.29) is 0 Å². The van der Waals surface area contributed by atoms with E-state index in [0.717, 1.165) is 13.1 Å². The molecule has 3 nitrogen and oxygen atoms in total. The fraction of sp³-hybridized carbons (Fsp3) is 0.684. The summed E-state index contributed by atoms with van der Waals surface area (Å²) in [5.41, 5.74) is 2.91. The first-order chi connectivity index (χ1) is 10.8. The molecule has 1 unspecified atom stereocenters. The second-order valence-electron chi connectivity index (χ2n) is 6.90. The van der Waals surface area contributed by atoms with Gasteiger partial charge in [-0.2, -0.15) is 0 Å². The molecule has 3 rings (SSSR count). The zero-order chi connectivity index (χ0) is 15.4. The molecule has 2 saturated heterocycles. The molecule has 0 saturated carbocycles. The number of nitrogens with one attached hydrogen (secondary N) is 1. The molecule has 0 bridgehead atoms. The topological polar surface area (TPSA) is 18.5 Å². The Labute approximate surface area is 135 Å². The van der Waals surface area contributed by atoms with Gasteiger partial charge in [-0.25, -0.2) is 0 Å². The molecule has 2 aliphatic rings. The summed E-state index contributed by atoms with van der Waals surface area (Å²) in [7, 11) is 0. The van der Waals surface area contributed by atoms with E-state index >= 15 is 0 Å². The molecule has 1 aromatic carbocycles. The zero-order valence-electron chi connectivity index (χ0n) is 14.2. The first kappa shape index (κ1) is 15.8. The van der Waals surface area contributed by atoms with E-state index < -0.39 is 0 Å². The lowest BCUT2D eigenvalue weighted by molar-refractivity contribution is 0.128. The third-order valence-corrected chi connectivity index (χ3v) is 5.43. The molecule has 2 atom stereocenters. The van der Waals surface area contributed by atoms with Crippen LogP contribution in [-0.2, 0) is 0 Å². The molecule has 0 spiro atoms. The molecular formula is C19H31N3. The van der Waals surface area contributed by atoms with Crippen molar-refractivity contribution in [2.75, 3.05) is 44.2 Å². The van der Waals surface area contributed by atoms with E-state index in [0.29, 0.717) is 12.0 Å². The first-order valence-electron chi connectivity index (χ1n) is 9.09. The number of nitrogens with zero attached hydrogens (tertiary/aromatic N) is 2.